The van der Waals surface area contributed by atoms with Gasteiger partial charge in [-0.25, -0.2) is 0 Å². The molecule has 1 heterocycles. The van der Waals surface area contributed by atoms with Crippen LogP contribution in [-0.4, -0.2) is 35.8 Å². The van der Waals surface area contributed by atoms with Gasteiger partial charge in [-0.05, 0) is 55.7 Å². The smallest absolute Gasteiger partial charge is 0.242 e. The van der Waals surface area contributed by atoms with Gasteiger partial charge in [-0.1, -0.05) is 32.0 Å². The van der Waals surface area contributed by atoms with Crippen LogP contribution >= 0.6 is 12.4 Å². The standard InChI is InChI=1S/C20H31N3O2.ClH/c1-13(2)19(21)20(25)22-12-18(24)23-11-6-5-10-17(23)16-9-7-8-14(3)15(16)4;/h7-9,13,17,19H,5-6,10-12,21H2,1-4H3,(H,22,25);1H/t17?,19-;/m0./s1. The summed E-state index contributed by atoms with van der Waals surface area (Å²) in [4.78, 5) is 26.7. The van der Waals surface area contributed by atoms with Gasteiger partial charge in [0, 0.05) is 6.54 Å². The molecule has 1 aromatic rings. The Hall–Kier alpha value is -1.59. The highest BCUT2D eigenvalue weighted by Gasteiger charge is 2.29. The molecular weight excluding hydrogens is 350 g/mol. The summed E-state index contributed by atoms with van der Waals surface area (Å²) in [5, 5.41) is 2.70. The van der Waals surface area contributed by atoms with Gasteiger partial charge >= 0.3 is 0 Å². The van der Waals surface area contributed by atoms with Crippen molar-refractivity contribution in [3.05, 3.63) is 34.9 Å². The van der Waals surface area contributed by atoms with Crippen molar-refractivity contribution in [2.75, 3.05) is 13.1 Å². The van der Waals surface area contributed by atoms with E-state index in [1.165, 1.54) is 16.7 Å². The van der Waals surface area contributed by atoms with E-state index in [0.29, 0.717) is 0 Å². The van der Waals surface area contributed by atoms with E-state index >= 15 is 0 Å². The summed E-state index contributed by atoms with van der Waals surface area (Å²) in [7, 11) is 0. The van der Waals surface area contributed by atoms with E-state index in [2.05, 4.69) is 37.4 Å². The van der Waals surface area contributed by atoms with Gasteiger partial charge in [-0.3, -0.25) is 9.59 Å². The zero-order chi connectivity index (χ0) is 18.6. The van der Waals surface area contributed by atoms with Gasteiger partial charge < -0.3 is 16.0 Å². The number of carbonyl (C=O) groups excluding carboxylic acids is 2. The van der Waals surface area contributed by atoms with Crippen LogP contribution in [0.5, 0.6) is 0 Å². The minimum absolute atomic E-state index is 0. The maximum Gasteiger partial charge on any atom is 0.242 e. The molecule has 1 aliphatic rings. The van der Waals surface area contributed by atoms with Crippen LogP contribution in [-0.2, 0) is 9.59 Å². The van der Waals surface area contributed by atoms with E-state index < -0.39 is 6.04 Å². The number of benzene rings is 1. The number of nitrogens with one attached hydrogen (secondary N) is 1. The Morgan fingerprint density at radius 3 is 2.62 bits per heavy atom. The highest BCUT2D eigenvalue weighted by molar-refractivity contribution is 5.87. The highest BCUT2D eigenvalue weighted by Crippen LogP contribution is 2.33. The van der Waals surface area contributed by atoms with Crippen molar-refractivity contribution in [2.24, 2.45) is 11.7 Å². The van der Waals surface area contributed by atoms with Gasteiger partial charge in [-0.2, -0.15) is 0 Å². The minimum atomic E-state index is -0.580. The molecular formula is C20H32ClN3O2. The normalized spacial score (nSPS) is 18.2. The molecule has 146 valence electrons. The molecule has 0 saturated carbocycles. The molecule has 0 bridgehead atoms. The first-order valence-corrected chi connectivity index (χ1v) is 9.21. The number of hydrogen-bond acceptors (Lipinski definition) is 3. The quantitative estimate of drug-likeness (QED) is 0.823. The van der Waals surface area contributed by atoms with Crippen LogP contribution in [0.1, 0.15) is 55.8 Å². The highest BCUT2D eigenvalue weighted by atomic mass is 35.5. The predicted molar refractivity (Wildman–Crippen MR) is 107 cm³/mol. The number of aryl methyl sites for hydroxylation is 1. The van der Waals surface area contributed by atoms with Crippen LogP contribution in [0.3, 0.4) is 0 Å². The molecule has 26 heavy (non-hydrogen) atoms. The van der Waals surface area contributed by atoms with Crippen molar-refractivity contribution in [3.63, 3.8) is 0 Å². The SMILES string of the molecule is Cc1cccc(C2CCCCN2C(=O)CNC(=O)[C@@H](N)C(C)C)c1C.Cl. The monoisotopic (exact) mass is 381 g/mol. The van der Waals surface area contributed by atoms with Crippen LogP contribution in [0.25, 0.3) is 0 Å². The summed E-state index contributed by atoms with van der Waals surface area (Å²) in [5.41, 5.74) is 9.55. The molecule has 5 nitrogen and oxygen atoms in total. The third-order valence-electron chi connectivity index (χ3n) is 5.26. The second-order valence-corrected chi connectivity index (χ2v) is 7.38. The summed E-state index contributed by atoms with van der Waals surface area (Å²) in [6.45, 7) is 8.76. The van der Waals surface area contributed by atoms with Crippen molar-refractivity contribution in [1.82, 2.24) is 10.2 Å². The maximum absolute atomic E-state index is 12.7. The number of piperidine rings is 1. The Labute approximate surface area is 163 Å². The van der Waals surface area contributed by atoms with E-state index in [9.17, 15) is 9.59 Å². The van der Waals surface area contributed by atoms with Crippen molar-refractivity contribution in [1.29, 1.82) is 0 Å². The van der Waals surface area contributed by atoms with E-state index in [1.54, 1.807) is 0 Å². The zero-order valence-electron chi connectivity index (χ0n) is 16.2. The zero-order valence-corrected chi connectivity index (χ0v) is 17.1. The van der Waals surface area contributed by atoms with Crippen LogP contribution in [0.2, 0.25) is 0 Å². The van der Waals surface area contributed by atoms with Gasteiger partial charge in [0.2, 0.25) is 11.8 Å². The molecule has 0 aliphatic carbocycles. The largest absolute Gasteiger partial charge is 0.346 e. The number of likely N-dealkylation sites (tertiary alicyclic amines) is 1. The molecule has 2 amide bonds. The lowest BCUT2D eigenvalue weighted by atomic mass is 9.90. The molecule has 2 atom stereocenters. The Balaban J connectivity index is 0.00000338. The fourth-order valence-electron chi connectivity index (χ4n) is 3.37. The number of amides is 2. The Morgan fingerprint density at radius 2 is 1.96 bits per heavy atom. The lowest BCUT2D eigenvalue weighted by Gasteiger charge is -2.37. The Bertz CT molecular complexity index is 633. The van der Waals surface area contributed by atoms with E-state index in [-0.39, 0.29) is 42.7 Å². The molecule has 2 rings (SSSR count). The molecule has 0 aromatic heterocycles. The lowest BCUT2D eigenvalue weighted by Crippen LogP contribution is -2.49. The number of rotatable bonds is 5. The molecule has 1 fully saturated rings. The number of hydrogen-bond donors (Lipinski definition) is 2. The van der Waals surface area contributed by atoms with E-state index in [0.717, 1.165) is 25.8 Å². The molecule has 1 aliphatic heterocycles. The van der Waals surface area contributed by atoms with Gasteiger partial charge in [0.25, 0.3) is 0 Å². The fraction of sp³-hybridized carbons (Fsp3) is 0.600. The average molecular weight is 382 g/mol. The fourth-order valence-corrected chi connectivity index (χ4v) is 3.37. The number of nitrogens with two attached hydrogens (primary N) is 1. The third kappa shape index (κ3) is 5.21. The van der Waals surface area contributed by atoms with Gasteiger partial charge in [-0.15, -0.1) is 12.4 Å². The van der Waals surface area contributed by atoms with Crippen molar-refractivity contribution >= 4 is 24.2 Å². The Morgan fingerprint density at radius 1 is 1.27 bits per heavy atom. The Kier molecular flexibility index (Phi) is 8.57. The van der Waals surface area contributed by atoms with Gasteiger partial charge in [0.15, 0.2) is 0 Å². The molecule has 0 radical (unpaired) electrons. The first kappa shape index (κ1) is 22.5. The maximum atomic E-state index is 12.7. The molecule has 1 unspecified atom stereocenters. The van der Waals surface area contributed by atoms with Crippen molar-refractivity contribution in [3.8, 4) is 0 Å². The minimum Gasteiger partial charge on any atom is -0.346 e. The van der Waals surface area contributed by atoms with Crippen molar-refractivity contribution in [2.45, 2.75) is 59.0 Å². The summed E-state index contributed by atoms with van der Waals surface area (Å²) < 4.78 is 0. The second-order valence-electron chi connectivity index (χ2n) is 7.38. The summed E-state index contributed by atoms with van der Waals surface area (Å²) in [6.07, 6.45) is 3.09. The summed E-state index contributed by atoms with van der Waals surface area (Å²) in [5.74, 6) is -0.244. The molecule has 3 N–H and O–H groups in total. The van der Waals surface area contributed by atoms with Crippen LogP contribution < -0.4 is 11.1 Å². The van der Waals surface area contributed by atoms with Crippen LogP contribution in [0, 0.1) is 19.8 Å². The first-order chi connectivity index (χ1) is 11.8. The number of halogens is 1. The van der Waals surface area contributed by atoms with Gasteiger partial charge in [0.1, 0.15) is 0 Å². The van der Waals surface area contributed by atoms with E-state index in [4.69, 9.17) is 5.73 Å². The van der Waals surface area contributed by atoms with Gasteiger partial charge in [0.05, 0.1) is 18.6 Å². The number of nitrogens with zero attached hydrogens (tertiary/aromatic N) is 1. The summed E-state index contributed by atoms with van der Waals surface area (Å²) in [6, 6.07) is 5.78. The average Bonchev–Trinajstić information content (AvgIpc) is 2.61. The predicted octanol–water partition coefficient (Wildman–Crippen LogP) is 2.88. The van der Waals surface area contributed by atoms with Crippen LogP contribution in [0.15, 0.2) is 18.2 Å². The topological polar surface area (TPSA) is 75.4 Å². The first-order valence-electron chi connectivity index (χ1n) is 9.21. The lowest BCUT2D eigenvalue weighted by molar-refractivity contribution is -0.136. The van der Waals surface area contributed by atoms with E-state index in [1.807, 2.05) is 18.7 Å². The van der Waals surface area contributed by atoms with Crippen LogP contribution in [0.4, 0.5) is 0 Å². The molecule has 0 spiro atoms. The van der Waals surface area contributed by atoms with Crippen molar-refractivity contribution < 1.29 is 9.59 Å². The molecule has 1 saturated heterocycles. The third-order valence-corrected chi connectivity index (χ3v) is 5.26. The molecule has 1 aromatic carbocycles. The molecule has 6 heteroatoms. The second kappa shape index (κ2) is 9.93. The summed E-state index contributed by atoms with van der Waals surface area (Å²) >= 11 is 0. The number of carbonyl (C=O) groups is 2.